The smallest absolute Gasteiger partial charge is 0.264 e. The summed E-state index contributed by atoms with van der Waals surface area (Å²) in [5.74, 6) is -0.500. The van der Waals surface area contributed by atoms with Crippen molar-refractivity contribution < 1.29 is 22.3 Å². The van der Waals surface area contributed by atoms with Crippen molar-refractivity contribution in [3.05, 3.63) is 126 Å². The zero-order valence-corrected chi connectivity index (χ0v) is 20.5. The number of hydrogen-bond donors (Lipinski definition) is 1. The van der Waals surface area contributed by atoms with E-state index in [0.717, 1.165) is 22.0 Å². The lowest BCUT2D eigenvalue weighted by atomic mass is 10.2. The molecule has 0 atom stereocenters. The summed E-state index contributed by atoms with van der Waals surface area (Å²) in [5.41, 5.74) is 4.26. The average Bonchev–Trinajstić information content (AvgIpc) is 2.93. The Hall–Kier alpha value is -4.50. The van der Waals surface area contributed by atoms with Crippen LogP contribution in [0.3, 0.4) is 0 Å². The van der Waals surface area contributed by atoms with Crippen LogP contribution in [0.25, 0.3) is 0 Å². The minimum atomic E-state index is -4.09. The van der Waals surface area contributed by atoms with E-state index in [1.54, 1.807) is 42.5 Å². The van der Waals surface area contributed by atoms with Crippen LogP contribution < -0.4 is 14.5 Å². The summed E-state index contributed by atoms with van der Waals surface area (Å²) >= 11 is 0. The second kappa shape index (κ2) is 12.0. The van der Waals surface area contributed by atoms with E-state index < -0.39 is 28.3 Å². The standard InChI is InChI=1S/C28H24FN3O4S/c29-24-13-15-25(16-14-24)32(37(34,35)27-9-5-2-6-10-27)20-28(33)31-30-19-22-11-17-26(18-12-22)36-21-23-7-3-1-4-8-23/h1-19H,20-21H2,(H,31,33)/b30-19-. The fourth-order valence-corrected chi connectivity index (χ4v) is 4.82. The number of benzene rings is 4. The lowest BCUT2D eigenvalue weighted by molar-refractivity contribution is -0.119. The molecule has 0 fully saturated rings. The normalized spacial score (nSPS) is 11.3. The summed E-state index contributed by atoms with van der Waals surface area (Å²) < 4.78 is 46.5. The Labute approximate surface area is 214 Å². The zero-order chi connectivity index (χ0) is 26.1. The molecule has 0 spiro atoms. The largest absolute Gasteiger partial charge is 0.489 e. The molecule has 4 rings (SSSR count). The molecule has 0 radical (unpaired) electrons. The summed E-state index contributed by atoms with van der Waals surface area (Å²) in [6.07, 6.45) is 1.44. The van der Waals surface area contributed by atoms with Gasteiger partial charge in [0.1, 0.15) is 24.7 Å². The monoisotopic (exact) mass is 517 g/mol. The first kappa shape index (κ1) is 25.6. The first-order valence-electron chi connectivity index (χ1n) is 11.3. The Balaban J connectivity index is 1.39. The highest BCUT2D eigenvalue weighted by atomic mass is 32.2. The number of nitrogens with one attached hydrogen (secondary N) is 1. The molecule has 0 aromatic heterocycles. The molecule has 4 aromatic carbocycles. The van der Waals surface area contributed by atoms with Crippen LogP contribution >= 0.6 is 0 Å². The number of amides is 1. The van der Waals surface area contributed by atoms with Gasteiger partial charge in [0, 0.05) is 0 Å². The number of nitrogens with zero attached hydrogens (tertiary/aromatic N) is 2. The minimum Gasteiger partial charge on any atom is -0.489 e. The predicted molar refractivity (Wildman–Crippen MR) is 140 cm³/mol. The summed E-state index contributed by atoms with van der Waals surface area (Å²) in [7, 11) is -4.09. The first-order chi connectivity index (χ1) is 17.9. The second-order valence-corrected chi connectivity index (χ2v) is 9.80. The van der Waals surface area contributed by atoms with Crippen LogP contribution in [-0.2, 0) is 21.4 Å². The number of carbonyl (C=O) groups excluding carboxylic acids is 1. The van der Waals surface area contributed by atoms with Crippen LogP contribution in [0.4, 0.5) is 10.1 Å². The molecule has 0 bridgehead atoms. The number of halogens is 1. The van der Waals surface area contributed by atoms with Gasteiger partial charge in [0.05, 0.1) is 16.8 Å². The van der Waals surface area contributed by atoms with Crippen LogP contribution in [-0.4, -0.2) is 27.1 Å². The van der Waals surface area contributed by atoms with Crippen LogP contribution in [0, 0.1) is 5.82 Å². The van der Waals surface area contributed by atoms with Gasteiger partial charge in [0.15, 0.2) is 0 Å². The molecule has 37 heavy (non-hydrogen) atoms. The molecule has 0 aliphatic heterocycles. The Morgan fingerprint density at radius 2 is 1.49 bits per heavy atom. The maximum atomic E-state index is 13.4. The number of hydrazone groups is 1. The van der Waals surface area contributed by atoms with Crippen LogP contribution in [0.2, 0.25) is 0 Å². The van der Waals surface area contributed by atoms with Gasteiger partial charge in [0.2, 0.25) is 0 Å². The SMILES string of the molecule is O=C(CN(c1ccc(F)cc1)S(=O)(=O)c1ccccc1)N/N=C\c1ccc(OCc2ccccc2)cc1. The Kier molecular flexibility index (Phi) is 8.27. The van der Waals surface area contributed by atoms with Gasteiger partial charge in [-0.1, -0.05) is 48.5 Å². The lowest BCUT2D eigenvalue weighted by Crippen LogP contribution is -2.39. The Morgan fingerprint density at radius 1 is 0.865 bits per heavy atom. The highest BCUT2D eigenvalue weighted by Gasteiger charge is 2.27. The van der Waals surface area contributed by atoms with Gasteiger partial charge in [-0.2, -0.15) is 5.10 Å². The summed E-state index contributed by atoms with van der Waals surface area (Å²) in [4.78, 5) is 12.6. The van der Waals surface area contributed by atoms with Gasteiger partial charge in [-0.3, -0.25) is 9.10 Å². The van der Waals surface area contributed by atoms with Gasteiger partial charge in [0.25, 0.3) is 15.9 Å². The van der Waals surface area contributed by atoms with Crippen molar-refractivity contribution >= 4 is 27.8 Å². The van der Waals surface area contributed by atoms with Crippen molar-refractivity contribution in [2.45, 2.75) is 11.5 Å². The van der Waals surface area contributed by atoms with E-state index in [-0.39, 0.29) is 10.6 Å². The van der Waals surface area contributed by atoms with Gasteiger partial charge < -0.3 is 4.74 Å². The van der Waals surface area contributed by atoms with Crippen LogP contribution in [0.1, 0.15) is 11.1 Å². The number of anilines is 1. The summed E-state index contributed by atoms with van der Waals surface area (Å²) in [5, 5.41) is 3.93. The molecule has 1 amide bonds. The van der Waals surface area contributed by atoms with E-state index in [2.05, 4.69) is 10.5 Å². The van der Waals surface area contributed by atoms with Crippen molar-refractivity contribution in [1.82, 2.24) is 5.43 Å². The Morgan fingerprint density at radius 3 is 2.14 bits per heavy atom. The highest BCUT2D eigenvalue weighted by molar-refractivity contribution is 7.92. The zero-order valence-electron chi connectivity index (χ0n) is 19.7. The van der Waals surface area contributed by atoms with Crippen molar-refractivity contribution in [3.8, 4) is 5.75 Å². The second-order valence-electron chi connectivity index (χ2n) is 7.94. The maximum absolute atomic E-state index is 13.4. The van der Waals surface area contributed by atoms with E-state index in [4.69, 9.17) is 4.74 Å². The van der Waals surface area contributed by atoms with E-state index in [1.807, 2.05) is 30.3 Å². The van der Waals surface area contributed by atoms with Gasteiger partial charge in [-0.25, -0.2) is 18.2 Å². The molecule has 7 nitrogen and oxygen atoms in total. The quantitative estimate of drug-likeness (QED) is 0.243. The third-order valence-corrected chi connectivity index (χ3v) is 7.05. The molecule has 1 N–H and O–H groups in total. The van der Waals surface area contributed by atoms with Gasteiger partial charge in [-0.15, -0.1) is 0 Å². The van der Waals surface area contributed by atoms with Crippen molar-refractivity contribution in [2.24, 2.45) is 5.10 Å². The van der Waals surface area contributed by atoms with Crippen LogP contribution in [0.15, 0.2) is 119 Å². The first-order valence-corrected chi connectivity index (χ1v) is 12.8. The molecule has 0 saturated heterocycles. The van der Waals surface area contributed by atoms with E-state index >= 15 is 0 Å². The average molecular weight is 518 g/mol. The van der Waals surface area contributed by atoms with Crippen molar-refractivity contribution in [1.29, 1.82) is 0 Å². The number of carbonyl (C=O) groups is 1. The fourth-order valence-electron chi connectivity index (χ4n) is 3.38. The molecular weight excluding hydrogens is 493 g/mol. The van der Waals surface area contributed by atoms with Gasteiger partial charge in [-0.05, 0) is 71.8 Å². The Bertz CT molecular complexity index is 1450. The van der Waals surface area contributed by atoms with E-state index in [9.17, 15) is 17.6 Å². The molecule has 0 unspecified atom stereocenters. The fraction of sp³-hybridized carbons (Fsp3) is 0.0714. The molecule has 188 valence electrons. The van der Waals surface area contributed by atoms with E-state index in [0.29, 0.717) is 17.9 Å². The highest BCUT2D eigenvalue weighted by Crippen LogP contribution is 2.23. The maximum Gasteiger partial charge on any atom is 0.264 e. The van der Waals surface area contributed by atoms with E-state index in [1.165, 1.54) is 30.5 Å². The van der Waals surface area contributed by atoms with Gasteiger partial charge >= 0.3 is 0 Å². The number of ether oxygens (including phenoxy) is 1. The summed E-state index contributed by atoms with van der Waals surface area (Å²) in [6.45, 7) is -0.104. The third kappa shape index (κ3) is 7.02. The molecule has 4 aromatic rings. The molecular formula is C28H24FN3O4S. The molecule has 0 saturated carbocycles. The molecule has 0 aliphatic carbocycles. The topological polar surface area (TPSA) is 88.1 Å². The number of hydrogen-bond acceptors (Lipinski definition) is 5. The van der Waals surface area contributed by atoms with Crippen molar-refractivity contribution in [3.63, 3.8) is 0 Å². The predicted octanol–water partition coefficient (Wildman–Crippen LogP) is 4.75. The van der Waals surface area contributed by atoms with Crippen molar-refractivity contribution in [2.75, 3.05) is 10.8 Å². The lowest BCUT2D eigenvalue weighted by Gasteiger charge is -2.23. The number of rotatable bonds is 10. The molecule has 9 heteroatoms. The van der Waals surface area contributed by atoms with Crippen LogP contribution in [0.5, 0.6) is 5.75 Å². The molecule has 0 aliphatic rings. The minimum absolute atomic E-state index is 0.00481. The molecule has 0 heterocycles. The number of sulfonamides is 1. The summed E-state index contributed by atoms with van der Waals surface area (Å²) in [6, 6.07) is 29.5. The third-order valence-electron chi connectivity index (χ3n) is 5.26.